The van der Waals surface area contributed by atoms with Crippen LogP contribution >= 0.6 is 11.3 Å². The van der Waals surface area contributed by atoms with Gasteiger partial charge in [0.15, 0.2) is 0 Å². The van der Waals surface area contributed by atoms with E-state index in [9.17, 15) is 4.79 Å². The number of ether oxygens (including phenoxy) is 1. The number of aromatic nitrogens is 3. The van der Waals surface area contributed by atoms with E-state index in [1.54, 1.807) is 17.5 Å². The minimum atomic E-state index is 0.0535. The molecule has 1 aliphatic heterocycles. The highest BCUT2D eigenvalue weighted by Crippen LogP contribution is 2.23. The number of likely N-dealkylation sites (tertiary alicyclic amines) is 1. The molecule has 1 saturated heterocycles. The number of carbonyl (C=O) groups is 1. The Balaban J connectivity index is 1.22. The number of hydrogen-bond acceptors (Lipinski definition) is 6. The number of anilines is 1. The lowest BCUT2D eigenvalue weighted by atomic mass is 9.95. The minimum Gasteiger partial charge on any atom is -0.486 e. The number of piperidine rings is 1. The van der Waals surface area contributed by atoms with Crippen molar-refractivity contribution in [2.45, 2.75) is 32.9 Å². The molecule has 1 aliphatic rings. The van der Waals surface area contributed by atoms with E-state index < -0.39 is 0 Å². The molecule has 1 aromatic carbocycles. The van der Waals surface area contributed by atoms with Crippen LogP contribution in [0, 0.1) is 12.8 Å². The van der Waals surface area contributed by atoms with Gasteiger partial charge in [0.05, 0.1) is 10.7 Å². The third-order valence-electron chi connectivity index (χ3n) is 5.42. The van der Waals surface area contributed by atoms with E-state index in [-0.39, 0.29) is 11.8 Å². The molecule has 1 fully saturated rings. The fourth-order valence-corrected chi connectivity index (χ4v) is 4.23. The van der Waals surface area contributed by atoms with Crippen LogP contribution in [0.4, 0.5) is 5.69 Å². The molecule has 0 spiro atoms. The van der Waals surface area contributed by atoms with Crippen molar-refractivity contribution in [2.24, 2.45) is 13.0 Å². The highest BCUT2D eigenvalue weighted by molar-refractivity contribution is 7.09. The summed E-state index contributed by atoms with van der Waals surface area (Å²) in [7, 11) is 1.94. The van der Waals surface area contributed by atoms with Crippen LogP contribution in [-0.2, 0) is 25.0 Å². The molecule has 0 saturated carbocycles. The van der Waals surface area contributed by atoms with Crippen LogP contribution in [0.25, 0.3) is 0 Å². The Hall–Kier alpha value is -2.71. The predicted octanol–water partition coefficient (Wildman–Crippen LogP) is 3.61. The van der Waals surface area contributed by atoms with Crippen molar-refractivity contribution in [3.63, 3.8) is 0 Å². The first-order valence-corrected chi connectivity index (χ1v) is 11.1. The predicted molar refractivity (Wildman–Crippen MR) is 117 cm³/mol. The molecule has 3 heterocycles. The summed E-state index contributed by atoms with van der Waals surface area (Å²) >= 11 is 1.69. The van der Waals surface area contributed by atoms with E-state index in [0.717, 1.165) is 60.4 Å². The zero-order valence-corrected chi connectivity index (χ0v) is 18.2. The highest BCUT2D eigenvalue weighted by Gasteiger charge is 2.25. The molecule has 8 heteroatoms. The van der Waals surface area contributed by atoms with Crippen molar-refractivity contribution >= 4 is 22.9 Å². The van der Waals surface area contributed by atoms with Crippen molar-refractivity contribution < 1.29 is 9.53 Å². The SMILES string of the molecule is Cc1nc(CN2CCC(C(=O)Nc3ccc(OCc4nccn4C)cc3)CC2)cs1. The molecule has 1 amide bonds. The molecule has 30 heavy (non-hydrogen) atoms. The van der Waals surface area contributed by atoms with Gasteiger partial charge in [0.25, 0.3) is 0 Å². The molecule has 4 rings (SSSR count). The number of rotatable bonds is 7. The summed E-state index contributed by atoms with van der Waals surface area (Å²) in [5.41, 5.74) is 1.93. The topological polar surface area (TPSA) is 72.3 Å². The minimum absolute atomic E-state index is 0.0535. The van der Waals surface area contributed by atoms with Crippen LogP contribution in [0.3, 0.4) is 0 Å². The van der Waals surface area contributed by atoms with E-state index in [1.165, 1.54) is 0 Å². The fourth-order valence-electron chi connectivity index (χ4n) is 3.63. The van der Waals surface area contributed by atoms with Crippen LogP contribution in [0.1, 0.15) is 29.4 Å². The Bertz CT molecular complexity index is 974. The first kappa shape index (κ1) is 20.6. The number of hydrogen-bond donors (Lipinski definition) is 1. The second-order valence-corrected chi connectivity index (χ2v) is 8.73. The van der Waals surface area contributed by atoms with Crippen molar-refractivity contribution in [3.8, 4) is 5.75 Å². The van der Waals surface area contributed by atoms with Gasteiger partial charge < -0.3 is 14.6 Å². The van der Waals surface area contributed by atoms with Crippen LogP contribution in [0.2, 0.25) is 0 Å². The van der Waals surface area contributed by atoms with Gasteiger partial charge in [0.2, 0.25) is 5.91 Å². The number of thiazole rings is 1. The van der Waals surface area contributed by atoms with Crippen molar-refractivity contribution in [1.29, 1.82) is 0 Å². The molecule has 1 N–H and O–H groups in total. The molecule has 0 aliphatic carbocycles. The maximum atomic E-state index is 12.7. The van der Waals surface area contributed by atoms with Gasteiger partial charge in [-0.05, 0) is 57.1 Å². The number of benzene rings is 1. The van der Waals surface area contributed by atoms with E-state index in [2.05, 4.69) is 25.6 Å². The Morgan fingerprint density at radius 1 is 1.27 bits per heavy atom. The summed E-state index contributed by atoms with van der Waals surface area (Å²) in [5, 5.41) is 6.27. The monoisotopic (exact) mass is 425 g/mol. The first-order valence-electron chi connectivity index (χ1n) is 10.2. The molecular weight excluding hydrogens is 398 g/mol. The fraction of sp³-hybridized carbons (Fsp3) is 0.409. The highest BCUT2D eigenvalue weighted by atomic mass is 32.1. The number of nitrogens with zero attached hydrogens (tertiary/aromatic N) is 4. The second-order valence-electron chi connectivity index (χ2n) is 7.66. The van der Waals surface area contributed by atoms with Crippen molar-refractivity contribution in [1.82, 2.24) is 19.4 Å². The molecule has 0 bridgehead atoms. The summed E-state index contributed by atoms with van der Waals surface area (Å²) in [4.78, 5) is 23.8. The van der Waals surface area contributed by atoms with Crippen LogP contribution in [0.15, 0.2) is 42.0 Å². The largest absolute Gasteiger partial charge is 0.486 e. The van der Waals surface area contributed by atoms with E-state index >= 15 is 0 Å². The normalized spacial score (nSPS) is 15.3. The average molecular weight is 426 g/mol. The average Bonchev–Trinajstić information content (AvgIpc) is 3.35. The quantitative estimate of drug-likeness (QED) is 0.626. The van der Waals surface area contributed by atoms with Crippen LogP contribution in [0.5, 0.6) is 5.75 Å². The van der Waals surface area contributed by atoms with Crippen LogP contribution in [-0.4, -0.2) is 38.4 Å². The van der Waals surface area contributed by atoms with Gasteiger partial charge >= 0.3 is 0 Å². The van der Waals surface area contributed by atoms with Crippen molar-refractivity contribution in [2.75, 3.05) is 18.4 Å². The third-order valence-corrected chi connectivity index (χ3v) is 6.24. The molecular formula is C22H27N5O2S. The van der Waals surface area contributed by atoms with Gasteiger partial charge in [-0.2, -0.15) is 0 Å². The van der Waals surface area contributed by atoms with Gasteiger partial charge in [-0.15, -0.1) is 11.3 Å². The lowest BCUT2D eigenvalue weighted by Crippen LogP contribution is -2.37. The van der Waals surface area contributed by atoms with Gasteiger partial charge in [0.1, 0.15) is 18.2 Å². The van der Waals surface area contributed by atoms with E-state index in [0.29, 0.717) is 6.61 Å². The smallest absolute Gasteiger partial charge is 0.227 e. The number of aryl methyl sites for hydroxylation is 2. The number of nitrogens with one attached hydrogen (secondary N) is 1. The number of amides is 1. The standard InChI is InChI=1S/C22H27N5O2S/c1-16-24-19(15-30-16)13-27-10-7-17(8-11-27)22(28)25-18-3-5-20(6-4-18)29-14-21-23-9-12-26(21)2/h3-6,9,12,15,17H,7-8,10-11,13-14H2,1-2H3,(H,25,28). The van der Waals surface area contributed by atoms with Crippen LogP contribution < -0.4 is 10.1 Å². The summed E-state index contributed by atoms with van der Waals surface area (Å²) in [6, 6.07) is 7.50. The summed E-state index contributed by atoms with van der Waals surface area (Å²) < 4.78 is 7.69. The first-order chi connectivity index (χ1) is 14.6. The molecule has 7 nitrogen and oxygen atoms in total. The third kappa shape index (κ3) is 5.25. The second kappa shape index (κ2) is 9.40. The van der Waals surface area contributed by atoms with E-state index in [1.807, 2.05) is 49.0 Å². The van der Waals surface area contributed by atoms with Gasteiger partial charge in [-0.1, -0.05) is 0 Å². The summed E-state index contributed by atoms with van der Waals surface area (Å²) in [5.74, 6) is 1.77. The Morgan fingerprint density at radius 3 is 2.67 bits per heavy atom. The molecule has 0 atom stereocenters. The maximum absolute atomic E-state index is 12.7. The Labute approximate surface area is 180 Å². The Kier molecular flexibility index (Phi) is 6.44. The number of imidazole rings is 1. The van der Waals surface area contributed by atoms with Crippen molar-refractivity contribution in [3.05, 3.63) is 58.6 Å². The molecule has 3 aromatic rings. The summed E-state index contributed by atoms with van der Waals surface area (Å²) in [6.45, 7) is 5.17. The number of carbonyl (C=O) groups excluding carboxylic acids is 1. The maximum Gasteiger partial charge on any atom is 0.227 e. The zero-order chi connectivity index (χ0) is 20.9. The van der Waals surface area contributed by atoms with Gasteiger partial charge in [-0.25, -0.2) is 9.97 Å². The molecule has 2 aromatic heterocycles. The lowest BCUT2D eigenvalue weighted by Gasteiger charge is -2.30. The molecule has 158 valence electrons. The lowest BCUT2D eigenvalue weighted by molar-refractivity contribution is -0.121. The Morgan fingerprint density at radius 2 is 2.03 bits per heavy atom. The molecule has 0 radical (unpaired) electrons. The van der Waals surface area contributed by atoms with Gasteiger partial charge in [0, 0.05) is 43.0 Å². The molecule has 0 unspecified atom stereocenters. The summed E-state index contributed by atoms with van der Waals surface area (Å²) in [6.07, 6.45) is 5.39. The van der Waals surface area contributed by atoms with Gasteiger partial charge in [-0.3, -0.25) is 9.69 Å². The zero-order valence-electron chi connectivity index (χ0n) is 17.4. The van der Waals surface area contributed by atoms with E-state index in [4.69, 9.17) is 4.74 Å².